The van der Waals surface area contributed by atoms with E-state index in [1.807, 2.05) is 26.8 Å². The minimum absolute atomic E-state index is 0.139. The van der Waals surface area contributed by atoms with E-state index < -0.39 is 5.69 Å². The number of nitrogens with one attached hydrogen (secondary N) is 1. The van der Waals surface area contributed by atoms with E-state index in [-0.39, 0.29) is 41.5 Å². The molecule has 0 spiro atoms. The minimum atomic E-state index is -0.398. The van der Waals surface area contributed by atoms with E-state index in [1.165, 1.54) is 9.13 Å². The van der Waals surface area contributed by atoms with Crippen molar-refractivity contribution in [3.05, 3.63) is 72.8 Å². The molecule has 0 aliphatic carbocycles. The largest absolute Gasteiger partial charge is 0.398 e. The van der Waals surface area contributed by atoms with Gasteiger partial charge in [0.05, 0.1) is 27.5 Å². The molecule has 184 valence electrons. The minimum Gasteiger partial charge on any atom is -0.398 e. The second-order valence-electron chi connectivity index (χ2n) is 8.63. The first-order chi connectivity index (χ1) is 16.7. The third kappa shape index (κ3) is 4.05. The summed E-state index contributed by atoms with van der Waals surface area (Å²) in [6.45, 7) is 7.03. The van der Waals surface area contributed by atoms with Gasteiger partial charge in [0.2, 0.25) is 0 Å². The van der Waals surface area contributed by atoms with Crippen molar-refractivity contribution in [1.29, 1.82) is 0 Å². The van der Waals surface area contributed by atoms with Gasteiger partial charge < -0.3 is 11.1 Å². The number of nitrogen functional groups attached to an aromatic ring is 1. The maximum atomic E-state index is 12.9. The maximum absolute atomic E-state index is 12.9. The summed E-state index contributed by atoms with van der Waals surface area (Å²) < 4.78 is 5.89. The van der Waals surface area contributed by atoms with Gasteiger partial charge >= 0.3 is 11.4 Å². The molecule has 0 aliphatic rings. The summed E-state index contributed by atoms with van der Waals surface area (Å²) in [6, 6.07) is 8.70. The highest BCUT2D eigenvalue weighted by Gasteiger charge is 2.17. The number of aryl methyl sites for hydroxylation is 4. The Hall–Kier alpha value is -4.08. The molecule has 0 unspecified atom stereocenters. The van der Waals surface area contributed by atoms with Gasteiger partial charge in [-0.2, -0.15) is 0 Å². The van der Waals surface area contributed by atoms with E-state index in [9.17, 15) is 19.2 Å². The Morgan fingerprint density at radius 3 is 2.23 bits per heavy atom. The van der Waals surface area contributed by atoms with Crippen LogP contribution in [0.1, 0.15) is 36.2 Å². The van der Waals surface area contributed by atoms with Gasteiger partial charge in [0.1, 0.15) is 0 Å². The lowest BCUT2D eigenvalue weighted by molar-refractivity contribution is 0.0953. The summed E-state index contributed by atoms with van der Waals surface area (Å²) in [5, 5.41) is 3.29. The number of rotatable bonds is 7. The van der Waals surface area contributed by atoms with E-state index in [0.717, 1.165) is 5.56 Å². The molecular formula is C25H30N6O4. The molecule has 1 amide bonds. The Balaban J connectivity index is 1.53. The van der Waals surface area contributed by atoms with E-state index in [4.69, 9.17) is 5.73 Å². The zero-order chi connectivity index (χ0) is 25.4. The van der Waals surface area contributed by atoms with Crippen LogP contribution in [0.25, 0.3) is 21.9 Å². The Bertz CT molecular complexity index is 1640. The van der Waals surface area contributed by atoms with Crippen LogP contribution in [0.4, 0.5) is 5.69 Å². The summed E-state index contributed by atoms with van der Waals surface area (Å²) in [7, 11) is 1.64. The van der Waals surface area contributed by atoms with Crippen molar-refractivity contribution in [3.8, 4) is 0 Å². The fraction of sp³-hybridized carbons (Fsp3) is 0.360. The fourth-order valence-corrected chi connectivity index (χ4v) is 4.55. The number of amides is 1. The normalized spacial score (nSPS) is 11.4. The molecular weight excluding hydrogens is 448 g/mol. The third-order valence-corrected chi connectivity index (χ3v) is 6.42. The number of nitrogens with two attached hydrogens (primary N) is 1. The van der Waals surface area contributed by atoms with Gasteiger partial charge in [0.25, 0.3) is 11.5 Å². The molecule has 0 bridgehead atoms. The molecule has 0 saturated heterocycles. The van der Waals surface area contributed by atoms with Crippen molar-refractivity contribution in [2.45, 2.75) is 46.8 Å². The van der Waals surface area contributed by atoms with E-state index in [0.29, 0.717) is 41.4 Å². The van der Waals surface area contributed by atoms with Crippen LogP contribution < -0.4 is 28.0 Å². The highest BCUT2D eigenvalue weighted by molar-refractivity contribution is 6.02. The first-order valence-electron chi connectivity index (χ1n) is 11.7. The molecule has 0 fully saturated rings. The molecule has 3 N–H and O–H groups in total. The van der Waals surface area contributed by atoms with Gasteiger partial charge in [-0.1, -0.05) is 11.6 Å². The van der Waals surface area contributed by atoms with Gasteiger partial charge in [0.15, 0.2) is 0 Å². The molecule has 2 heterocycles. The van der Waals surface area contributed by atoms with Crippen LogP contribution in [-0.2, 0) is 26.7 Å². The molecule has 0 radical (unpaired) electrons. The maximum Gasteiger partial charge on any atom is 0.331 e. The Labute approximate surface area is 201 Å². The van der Waals surface area contributed by atoms with Crippen LogP contribution in [0.3, 0.4) is 0 Å². The summed E-state index contributed by atoms with van der Waals surface area (Å²) in [6.07, 6.45) is 0.381. The summed E-state index contributed by atoms with van der Waals surface area (Å²) >= 11 is 0. The Kier molecular flexibility index (Phi) is 6.38. The predicted octanol–water partition coefficient (Wildman–Crippen LogP) is 1.57. The highest BCUT2D eigenvalue weighted by Crippen LogP contribution is 2.22. The molecule has 2 aromatic heterocycles. The van der Waals surface area contributed by atoms with Crippen molar-refractivity contribution in [2.75, 3.05) is 12.3 Å². The molecule has 35 heavy (non-hydrogen) atoms. The average molecular weight is 479 g/mol. The van der Waals surface area contributed by atoms with Gasteiger partial charge in [-0.05, 0) is 51.5 Å². The lowest BCUT2D eigenvalue weighted by Crippen LogP contribution is -2.39. The van der Waals surface area contributed by atoms with Gasteiger partial charge in [0, 0.05) is 38.9 Å². The van der Waals surface area contributed by atoms with Gasteiger partial charge in [-0.25, -0.2) is 9.59 Å². The number of hydrogen-bond donors (Lipinski definition) is 2. The molecule has 2 aromatic carbocycles. The van der Waals surface area contributed by atoms with Gasteiger partial charge in [-0.15, -0.1) is 0 Å². The van der Waals surface area contributed by atoms with Crippen LogP contribution in [0.2, 0.25) is 0 Å². The van der Waals surface area contributed by atoms with Crippen molar-refractivity contribution in [2.24, 2.45) is 7.05 Å². The molecule has 4 aromatic rings. The number of carbonyl (C=O) groups is 1. The van der Waals surface area contributed by atoms with Gasteiger partial charge in [-0.3, -0.25) is 27.9 Å². The van der Waals surface area contributed by atoms with E-state index in [1.54, 1.807) is 40.4 Å². The smallest absolute Gasteiger partial charge is 0.331 e. The average Bonchev–Trinajstić information content (AvgIpc) is 3.10. The lowest BCUT2D eigenvalue weighted by Gasteiger charge is -2.12. The van der Waals surface area contributed by atoms with Crippen molar-refractivity contribution >= 4 is 33.5 Å². The van der Waals surface area contributed by atoms with Crippen molar-refractivity contribution < 1.29 is 4.79 Å². The van der Waals surface area contributed by atoms with E-state index >= 15 is 0 Å². The first kappa shape index (κ1) is 24.1. The van der Waals surface area contributed by atoms with Crippen molar-refractivity contribution in [1.82, 2.24) is 23.6 Å². The second kappa shape index (κ2) is 9.28. The van der Waals surface area contributed by atoms with Crippen LogP contribution in [0, 0.1) is 6.92 Å². The molecule has 10 nitrogen and oxygen atoms in total. The van der Waals surface area contributed by atoms with Crippen LogP contribution >= 0.6 is 0 Å². The van der Waals surface area contributed by atoms with Crippen molar-refractivity contribution in [3.63, 3.8) is 0 Å². The third-order valence-electron chi connectivity index (χ3n) is 6.42. The number of hydrogen-bond acceptors (Lipinski definition) is 5. The lowest BCUT2D eigenvalue weighted by atomic mass is 10.1. The number of imidazole rings is 1. The standard InChI is InChI=1S/C25H30N6O4/c1-5-29-20-13-16(18(26)14-21(20)30(6-2)25(29)35)22(32)27-10-7-11-31-23(33)17-12-15(3)8-9-19(17)28(4)24(31)34/h8-9,12-14H,5-7,10-11,26H2,1-4H3,(H,27,32). The Morgan fingerprint density at radius 1 is 0.914 bits per heavy atom. The number of fused-ring (bicyclic) bond motifs is 2. The first-order valence-corrected chi connectivity index (χ1v) is 11.7. The second-order valence-corrected chi connectivity index (χ2v) is 8.63. The number of carbonyl (C=O) groups excluding carboxylic acids is 1. The van der Waals surface area contributed by atoms with Crippen LogP contribution in [0.15, 0.2) is 44.7 Å². The topological polar surface area (TPSA) is 126 Å². The SMILES string of the molecule is CCn1c(=O)n(CC)c2cc(C(=O)NCCCn3c(=O)c4cc(C)ccc4n(C)c3=O)c(N)cc21. The highest BCUT2D eigenvalue weighted by atomic mass is 16.2. The summed E-state index contributed by atoms with van der Waals surface area (Å²) in [4.78, 5) is 51.1. The quantitative estimate of drug-likeness (QED) is 0.308. The summed E-state index contributed by atoms with van der Waals surface area (Å²) in [5.41, 5.74) is 8.70. The molecule has 4 rings (SSSR count). The zero-order valence-electron chi connectivity index (χ0n) is 20.4. The monoisotopic (exact) mass is 478 g/mol. The zero-order valence-corrected chi connectivity index (χ0v) is 20.4. The fourth-order valence-electron chi connectivity index (χ4n) is 4.55. The summed E-state index contributed by atoms with van der Waals surface area (Å²) in [5.74, 6) is -0.377. The molecule has 10 heteroatoms. The Morgan fingerprint density at radius 2 is 1.57 bits per heavy atom. The number of nitrogens with zero attached hydrogens (tertiary/aromatic N) is 4. The molecule has 0 atom stereocenters. The molecule has 0 saturated carbocycles. The van der Waals surface area contributed by atoms with Crippen LogP contribution in [-0.4, -0.2) is 30.7 Å². The predicted molar refractivity (Wildman–Crippen MR) is 137 cm³/mol. The van der Waals surface area contributed by atoms with E-state index in [2.05, 4.69) is 5.32 Å². The number of anilines is 1. The molecule has 0 aliphatic heterocycles. The number of aromatic nitrogens is 4. The number of benzene rings is 2. The van der Waals surface area contributed by atoms with Crippen LogP contribution in [0.5, 0.6) is 0 Å².